The molecule has 24 heavy (non-hydrogen) atoms. The smallest absolute Gasteiger partial charge is 0.267 e. The minimum Gasteiger partial charge on any atom is -0.493 e. The topological polar surface area (TPSA) is 78.3 Å². The monoisotopic (exact) mass is 323 g/mol. The molecule has 0 saturated heterocycles. The molecule has 0 N–H and O–H groups in total. The highest BCUT2D eigenvalue weighted by atomic mass is 16.5. The first-order valence-corrected chi connectivity index (χ1v) is 7.89. The SMILES string of the molecule is CCOc1cc(C(C)C)nc2c1ccc1nc(-c3nnco3)cn12. The third-order valence-electron chi connectivity index (χ3n) is 3.85. The highest BCUT2D eigenvalue weighted by Gasteiger charge is 2.15. The van der Waals surface area contributed by atoms with Gasteiger partial charge in [-0.2, -0.15) is 0 Å². The van der Waals surface area contributed by atoms with Crippen LogP contribution in [0, 0.1) is 0 Å². The van der Waals surface area contributed by atoms with Crippen molar-refractivity contribution in [2.24, 2.45) is 0 Å². The molecular formula is C17H17N5O2. The van der Waals surface area contributed by atoms with Crippen molar-refractivity contribution >= 4 is 16.7 Å². The molecule has 0 amide bonds. The summed E-state index contributed by atoms with van der Waals surface area (Å²) in [5.41, 5.74) is 3.17. The van der Waals surface area contributed by atoms with Gasteiger partial charge in [0, 0.05) is 18.0 Å². The van der Waals surface area contributed by atoms with Gasteiger partial charge in [0.1, 0.15) is 22.7 Å². The summed E-state index contributed by atoms with van der Waals surface area (Å²) in [6, 6.07) is 5.93. The molecule has 0 atom stereocenters. The Morgan fingerprint density at radius 3 is 2.83 bits per heavy atom. The van der Waals surface area contributed by atoms with Gasteiger partial charge < -0.3 is 9.15 Å². The average Bonchev–Trinajstić information content (AvgIpc) is 3.23. The molecule has 0 aliphatic heterocycles. The quantitative estimate of drug-likeness (QED) is 0.572. The van der Waals surface area contributed by atoms with Gasteiger partial charge in [-0.3, -0.25) is 4.40 Å². The molecule has 4 aromatic heterocycles. The van der Waals surface area contributed by atoms with Gasteiger partial charge in [-0.1, -0.05) is 13.8 Å². The maximum Gasteiger partial charge on any atom is 0.267 e. The van der Waals surface area contributed by atoms with Crippen LogP contribution in [0.5, 0.6) is 5.75 Å². The first-order valence-electron chi connectivity index (χ1n) is 7.89. The third kappa shape index (κ3) is 2.29. The summed E-state index contributed by atoms with van der Waals surface area (Å²) in [7, 11) is 0. The molecule has 0 aliphatic rings. The van der Waals surface area contributed by atoms with Crippen LogP contribution in [0.15, 0.2) is 35.2 Å². The van der Waals surface area contributed by atoms with Gasteiger partial charge >= 0.3 is 0 Å². The summed E-state index contributed by atoms with van der Waals surface area (Å²) in [5.74, 6) is 1.51. The summed E-state index contributed by atoms with van der Waals surface area (Å²) in [6.07, 6.45) is 3.15. The maximum absolute atomic E-state index is 5.82. The fraction of sp³-hybridized carbons (Fsp3) is 0.294. The molecule has 4 heterocycles. The fourth-order valence-electron chi connectivity index (χ4n) is 2.68. The summed E-state index contributed by atoms with van der Waals surface area (Å²) in [5, 5.41) is 8.57. The predicted octanol–water partition coefficient (Wildman–Crippen LogP) is 3.45. The number of imidazole rings is 1. The average molecular weight is 323 g/mol. The van der Waals surface area contributed by atoms with Crippen LogP contribution in [0.1, 0.15) is 32.4 Å². The number of ether oxygens (including phenoxy) is 1. The number of rotatable bonds is 4. The van der Waals surface area contributed by atoms with E-state index in [1.807, 2.05) is 35.7 Å². The Bertz CT molecular complexity index is 1000. The van der Waals surface area contributed by atoms with Crippen LogP contribution >= 0.6 is 0 Å². The zero-order valence-electron chi connectivity index (χ0n) is 13.7. The molecule has 4 aromatic rings. The summed E-state index contributed by atoms with van der Waals surface area (Å²) >= 11 is 0. The molecule has 122 valence electrons. The van der Waals surface area contributed by atoms with E-state index in [-0.39, 0.29) is 0 Å². The van der Waals surface area contributed by atoms with E-state index in [4.69, 9.17) is 14.1 Å². The first-order chi connectivity index (χ1) is 11.7. The van der Waals surface area contributed by atoms with Crippen molar-refractivity contribution in [1.82, 2.24) is 24.6 Å². The van der Waals surface area contributed by atoms with E-state index in [1.165, 1.54) is 6.39 Å². The van der Waals surface area contributed by atoms with Gasteiger partial charge in [0.25, 0.3) is 5.89 Å². The Kier molecular flexibility index (Phi) is 3.41. The Balaban J connectivity index is 2.01. The molecule has 0 aromatic carbocycles. The number of fused-ring (bicyclic) bond motifs is 3. The van der Waals surface area contributed by atoms with E-state index >= 15 is 0 Å². The van der Waals surface area contributed by atoms with E-state index in [1.54, 1.807) is 0 Å². The van der Waals surface area contributed by atoms with Gasteiger partial charge in [0.15, 0.2) is 0 Å². The standard InChI is InChI=1S/C17H17N5O2/c1-4-23-14-7-12(10(2)3)20-16-11(14)5-6-15-19-13(8-22(15)16)17-21-18-9-24-17/h5-10H,4H2,1-3H3. The van der Waals surface area contributed by atoms with Crippen molar-refractivity contribution in [1.29, 1.82) is 0 Å². The van der Waals surface area contributed by atoms with Crippen LogP contribution in [0.2, 0.25) is 0 Å². The van der Waals surface area contributed by atoms with Gasteiger partial charge in [-0.25, -0.2) is 9.97 Å². The van der Waals surface area contributed by atoms with Gasteiger partial charge in [0.2, 0.25) is 6.39 Å². The molecule has 0 bridgehead atoms. The molecule has 0 radical (unpaired) electrons. The fourth-order valence-corrected chi connectivity index (χ4v) is 2.68. The van der Waals surface area contributed by atoms with E-state index in [0.29, 0.717) is 24.1 Å². The molecule has 0 saturated carbocycles. The number of nitrogens with zero attached hydrogens (tertiary/aromatic N) is 5. The number of hydrogen-bond acceptors (Lipinski definition) is 6. The Morgan fingerprint density at radius 2 is 2.12 bits per heavy atom. The number of aromatic nitrogens is 5. The van der Waals surface area contributed by atoms with Gasteiger partial charge in [0.05, 0.1) is 12.0 Å². The lowest BCUT2D eigenvalue weighted by Gasteiger charge is -2.12. The molecular weight excluding hydrogens is 306 g/mol. The molecule has 4 rings (SSSR count). The largest absolute Gasteiger partial charge is 0.493 e. The minimum atomic E-state index is 0.294. The molecule has 0 fully saturated rings. The van der Waals surface area contributed by atoms with Gasteiger partial charge in [-0.15, -0.1) is 10.2 Å². The second kappa shape index (κ2) is 5.59. The van der Waals surface area contributed by atoms with Crippen LogP contribution in [0.3, 0.4) is 0 Å². The Morgan fingerprint density at radius 1 is 1.25 bits per heavy atom. The van der Waals surface area contributed by atoms with Crippen molar-refractivity contribution in [2.45, 2.75) is 26.7 Å². The van der Waals surface area contributed by atoms with Crippen molar-refractivity contribution < 1.29 is 9.15 Å². The second-order valence-corrected chi connectivity index (χ2v) is 5.80. The summed E-state index contributed by atoms with van der Waals surface area (Å²) in [6.45, 7) is 6.81. The lowest BCUT2D eigenvalue weighted by Crippen LogP contribution is -2.01. The van der Waals surface area contributed by atoms with E-state index in [0.717, 1.165) is 28.1 Å². The Labute approximate surface area is 138 Å². The van der Waals surface area contributed by atoms with Crippen molar-refractivity contribution in [3.8, 4) is 17.3 Å². The molecule has 0 spiro atoms. The zero-order valence-corrected chi connectivity index (χ0v) is 13.7. The van der Waals surface area contributed by atoms with Crippen molar-refractivity contribution in [2.75, 3.05) is 6.61 Å². The summed E-state index contributed by atoms with van der Waals surface area (Å²) in [4.78, 5) is 9.36. The van der Waals surface area contributed by atoms with Crippen molar-refractivity contribution in [3.63, 3.8) is 0 Å². The van der Waals surface area contributed by atoms with Crippen LogP contribution in [-0.2, 0) is 0 Å². The zero-order chi connectivity index (χ0) is 16.7. The number of pyridine rings is 2. The molecule has 0 aliphatic carbocycles. The van der Waals surface area contributed by atoms with Crippen LogP contribution < -0.4 is 4.74 Å². The maximum atomic E-state index is 5.82. The highest BCUT2D eigenvalue weighted by Crippen LogP contribution is 2.30. The van der Waals surface area contributed by atoms with Crippen LogP contribution in [0.4, 0.5) is 0 Å². The predicted molar refractivity (Wildman–Crippen MR) is 89.0 cm³/mol. The minimum absolute atomic E-state index is 0.294. The van der Waals surface area contributed by atoms with E-state index < -0.39 is 0 Å². The molecule has 7 heteroatoms. The normalized spacial score (nSPS) is 11.7. The molecule has 7 nitrogen and oxygen atoms in total. The second-order valence-electron chi connectivity index (χ2n) is 5.80. The molecule has 0 unspecified atom stereocenters. The van der Waals surface area contributed by atoms with Crippen LogP contribution in [0.25, 0.3) is 28.3 Å². The lowest BCUT2D eigenvalue weighted by atomic mass is 10.1. The number of hydrogen-bond donors (Lipinski definition) is 0. The summed E-state index contributed by atoms with van der Waals surface area (Å²) < 4.78 is 13.0. The van der Waals surface area contributed by atoms with E-state index in [9.17, 15) is 0 Å². The third-order valence-corrected chi connectivity index (χ3v) is 3.85. The highest BCUT2D eigenvalue weighted by molar-refractivity contribution is 5.85. The van der Waals surface area contributed by atoms with Crippen LogP contribution in [-0.4, -0.2) is 31.2 Å². The van der Waals surface area contributed by atoms with Gasteiger partial charge in [-0.05, 0) is 25.0 Å². The van der Waals surface area contributed by atoms with Crippen molar-refractivity contribution in [3.05, 3.63) is 36.5 Å². The Hall–Kier alpha value is -2.96. The lowest BCUT2D eigenvalue weighted by molar-refractivity contribution is 0.343. The first kappa shape index (κ1) is 14.6. The van der Waals surface area contributed by atoms with E-state index in [2.05, 4.69) is 29.0 Å².